The van der Waals surface area contributed by atoms with Gasteiger partial charge in [-0.3, -0.25) is 0 Å². The molecule has 0 amide bonds. The highest BCUT2D eigenvalue weighted by Gasteiger charge is 2.34. The molecule has 2 atom stereocenters. The van der Waals surface area contributed by atoms with E-state index in [1.807, 2.05) is 84.9 Å². The van der Waals surface area contributed by atoms with E-state index in [1.165, 1.54) is 191 Å². The lowest BCUT2D eigenvalue weighted by Gasteiger charge is -2.35. The third-order valence-corrected chi connectivity index (χ3v) is 22.6. The van der Waals surface area contributed by atoms with Crippen LogP contribution in [-0.4, -0.2) is 11.9 Å². The fourth-order valence-corrected chi connectivity index (χ4v) is 17.1. The molecule has 4 nitrogen and oxygen atoms in total. The summed E-state index contributed by atoms with van der Waals surface area (Å²) in [5, 5.41) is 5.61. The highest BCUT2D eigenvalue weighted by Crippen LogP contribution is 2.46. The van der Waals surface area contributed by atoms with Crippen LogP contribution in [0.1, 0.15) is 288 Å². The maximum atomic E-state index is 13.7. The summed E-state index contributed by atoms with van der Waals surface area (Å²) in [6.07, 6.45) is 33.8. The Kier molecular flexibility index (Phi) is 35.1. The van der Waals surface area contributed by atoms with Crippen LogP contribution in [0.15, 0.2) is 182 Å². The first-order valence-corrected chi connectivity index (χ1v) is 35.9. The van der Waals surface area contributed by atoms with Gasteiger partial charge in [-0.05, 0) is 221 Å². The number of fused-ring (bicyclic) bond motifs is 7. The Bertz CT molecular complexity index is 3320. The van der Waals surface area contributed by atoms with Crippen LogP contribution in [0, 0.1) is 53.3 Å². The average molecular weight is 1330 g/mol. The Morgan fingerprint density at radius 1 is 0.347 bits per heavy atom. The van der Waals surface area contributed by atoms with Crippen molar-refractivity contribution in [2.24, 2.45) is 53.3 Å². The number of ether oxygens (including phenoxy) is 2. The molecule has 98 heavy (non-hydrogen) atoms. The first-order valence-electron chi connectivity index (χ1n) is 35.9. The van der Waals surface area contributed by atoms with Crippen molar-refractivity contribution in [1.82, 2.24) is 0 Å². The number of benzene rings is 8. The molecule has 4 fully saturated rings. The quantitative estimate of drug-likeness (QED) is 0.0853. The van der Waals surface area contributed by atoms with Gasteiger partial charge in [-0.1, -0.05) is 328 Å². The van der Waals surface area contributed by atoms with Gasteiger partial charge in [0, 0.05) is 0 Å². The molecule has 0 aliphatic heterocycles. The molecule has 0 radical (unpaired) electrons. The molecule has 0 saturated heterocycles. The Morgan fingerprint density at radius 2 is 0.663 bits per heavy atom. The smallest absolute Gasteiger partial charge is 0.338 e. The lowest BCUT2D eigenvalue weighted by molar-refractivity contribution is -0.0388. The number of carbonyl (C=O) groups is 2. The minimum atomic E-state index is -0.845. The zero-order valence-electron chi connectivity index (χ0n) is 54.7. The molecule has 4 saturated carbocycles. The van der Waals surface area contributed by atoms with Gasteiger partial charge in [0.1, 0.15) is 0 Å². The van der Waals surface area contributed by atoms with Crippen LogP contribution in [0.4, 0.5) is 0 Å². The minimum Gasteiger partial charge on any atom is -0.450 e. The Morgan fingerprint density at radius 3 is 1.02 bits per heavy atom. The lowest BCUT2D eigenvalue weighted by atomic mass is 9.71. The maximum absolute atomic E-state index is 13.7. The minimum absolute atomic E-state index is 0. The molecular weight excluding hydrogens is 1190 g/mol. The summed E-state index contributed by atoms with van der Waals surface area (Å²) in [5.41, 5.74) is 11.2. The Hall–Kier alpha value is -6.78. The monoisotopic (exact) mass is 1330 g/mol. The van der Waals surface area contributed by atoms with Gasteiger partial charge in [-0.15, -0.1) is 0 Å². The number of carbonyl (C=O) groups excluding carboxylic acids is 2. The second-order valence-corrected chi connectivity index (χ2v) is 29.1. The number of hydrogen-bond acceptors (Lipinski definition) is 4. The summed E-state index contributed by atoms with van der Waals surface area (Å²) in [7, 11) is 0. The van der Waals surface area contributed by atoms with Crippen molar-refractivity contribution in [2.75, 3.05) is 0 Å². The van der Waals surface area contributed by atoms with Crippen LogP contribution in [0.2, 0.25) is 0 Å². The van der Waals surface area contributed by atoms with Gasteiger partial charge >= 0.3 is 11.9 Å². The van der Waals surface area contributed by atoms with E-state index in [-0.39, 0.29) is 59.4 Å². The molecule has 0 aromatic heterocycles. The van der Waals surface area contributed by atoms with Gasteiger partial charge in [0.2, 0.25) is 0 Å². The summed E-state index contributed by atoms with van der Waals surface area (Å²) < 4.78 is 12.5. The van der Waals surface area contributed by atoms with Crippen LogP contribution in [0.25, 0.3) is 32.7 Å². The highest BCUT2D eigenvalue weighted by molar-refractivity contribution is 6.08. The molecule has 13 rings (SSSR count). The molecule has 534 valence electrons. The molecule has 0 heterocycles. The molecule has 0 bridgehead atoms. The van der Waals surface area contributed by atoms with E-state index in [1.54, 1.807) is 17.5 Å². The zero-order valence-corrected chi connectivity index (χ0v) is 54.7. The Labute approximate surface area is 599 Å². The first kappa shape index (κ1) is 83.6. The third-order valence-electron chi connectivity index (χ3n) is 22.6. The molecule has 5 aliphatic rings. The SMILES string of the molecule is C.C.C.C.C.C.C.C.CC1CCC(Cc2ccc(C(=O)O[C@H](c3ccccc3)[C@H](OC(=O)c3ccc(CC4CCC(C)CC4)cc3)c3ccccc3)cc2)CC1.CCCC1CCC(CC2CCC(CC3CCc4ccc5ccccc5c4-c4c(ccc5ccccc45)CC3)CC2)CC1. The number of hydrogen-bond donors (Lipinski definition) is 0. The summed E-state index contributed by atoms with van der Waals surface area (Å²) in [6, 6.07) is 62.7. The van der Waals surface area contributed by atoms with Crippen LogP contribution in [0.3, 0.4) is 0 Å². The second kappa shape index (κ2) is 41.1. The highest BCUT2D eigenvalue weighted by atomic mass is 16.6. The lowest BCUT2D eigenvalue weighted by Crippen LogP contribution is -2.23. The van der Waals surface area contributed by atoms with Crippen molar-refractivity contribution in [3.05, 3.63) is 226 Å². The summed E-state index contributed by atoms with van der Waals surface area (Å²) >= 11 is 0. The average Bonchev–Trinajstić information content (AvgIpc) is 1.05. The van der Waals surface area contributed by atoms with Gasteiger partial charge in [0.05, 0.1) is 11.1 Å². The zero-order chi connectivity index (χ0) is 61.6. The molecule has 0 unspecified atom stereocenters. The van der Waals surface area contributed by atoms with Crippen molar-refractivity contribution in [3.8, 4) is 11.1 Å². The van der Waals surface area contributed by atoms with Crippen LogP contribution >= 0.6 is 0 Å². The summed E-state index contributed by atoms with van der Waals surface area (Å²) in [5.74, 6) is 7.10. The van der Waals surface area contributed by atoms with Crippen LogP contribution < -0.4 is 0 Å². The van der Waals surface area contributed by atoms with Gasteiger partial charge in [0.15, 0.2) is 12.2 Å². The first-order chi connectivity index (χ1) is 44.2. The number of esters is 2. The largest absolute Gasteiger partial charge is 0.450 e. The topological polar surface area (TPSA) is 52.6 Å². The molecule has 4 heteroatoms. The molecule has 0 N–H and O–H groups in total. The third kappa shape index (κ3) is 21.9. The van der Waals surface area contributed by atoms with Crippen molar-refractivity contribution in [3.63, 3.8) is 0 Å². The molecule has 8 aromatic rings. The van der Waals surface area contributed by atoms with Gasteiger partial charge in [0.25, 0.3) is 0 Å². The normalized spacial score (nSPS) is 21.8. The fraction of sp³-hybridized carbons (Fsp3) is 0.511. The van der Waals surface area contributed by atoms with Crippen molar-refractivity contribution in [2.45, 2.75) is 259 Å². The van der Waals surface area contributed by atoms with E-state index in [9.17, 15) is 9.59 Å². The van der Waals surface area contributed by atoms with Crippen molar-refractivity contribution in [1.29, 1.82) is 0 Å². The fourth-order valence-electron chi connectivity index (χ4n) is 17.1. The van der Waals surface area contributed by atoms with Crippen molar-refractivity contribution >= 4 is 33.5 Å². The molecule has 8 aromatic carbocycles. The number of rotatable bonds is 17. The molecule has 0 spiro atoms. The van der Waals surface area contributed by atoms with E-state index in [4.69, 9.17) is 9.47 Å². The van der Waals surface area contributed by atoms with Gasteiger partial charge < -0.3 is 9.47 Å². The van der Waals surface area contributed by atoms with E-state index < -0.39 is 24.1 Å². The standard InChI is InChI=1S/C44H50O4.C42H52.8CH4/c1-31-13-17-33(18-14-31)29-35-21-25-39(26-22-35)43(45)47-41(37-9-5-3-6-10-37)42(38-11-7-4-8-12-38)48-44(46)40-27-23-36(24-28-40)30-34-19-15-32(2)16-20-34;1-2-7-30-12-14-31(15-13-30)28-32-16-18-33(19-17-32)29-34-20-22-37-26-24-35-8-3-5-10-39(35)41(37)42-38(23-21-34)27-25-36-9-4-6-11-40(36)42;;;;;;;;/h3-12,21-28,31-34,41-42H,13-20,29-30H2,1-2H3;3-6,8-11,24-27,30-34H,2,7,12-23,28-29H2,1H3;8*1H4/t31?,32?,33?,34?,41-,42-;;;;;;;;;/m1........./s1. The van der Waals surface area contributed by atoms with E-state index in [0.717, 1.165) is 65.4 Å². The van der Waals surface area contributed by atoms with E-state index in [2.05, 4.69) is 118 Å². The van der Waals surface area contributed by atoms with E-state index in [0.29, 0.717) is 23.0 Å². The second-order valence-electron chi connectivity index (χ2n) is 29.1. The van der Waals surface area contributed by atoms with E-state index >= 15 is 0 Å². The van der Waals surface area contributed by atoms with Gasteiger partial charge in [-0.25, -0.2) is 9.59 Å². The summed E-state index contributed by atoms with van der Waals surface area (Å²) in [6.45, 7) is 7.06. The number of aryl methyl sites for hydroxylation is 2. The predicted octanol–water partition coefficient (Wildman–Crippen LogP) is 28.4. The van der Waals surface area contributed by atoms with Gasteiger partial charge in [-0.2, -0.15) is 0 Å². The predicted molar refractivity (Wildman–Crippen MR) is 428 cm³/mol. The van der Waals surface area contributed by atoms with Crippen molar-refractivity contribution < 1.29 is 19.1 Å². The maximum Gasteiger partial charge on any atom is 0.338 e. The van der Waals surface area contributed by atoms with Crippen LogP contribution in [0.5, 0.6) is 0 Å². The molecule has 5 aliphatic carbocycles. The Balaban J connectivity index is 0.000000387. The van der Waals surface area contributed by atoms with Crippen LogP contribution in [-0.2, 0) is 35.2 Å². The molecular formula is C94H134O4. The summed E-state index contributed by atoms with van der Waals surface area (Å²) in [4.78, 5) is 27.4.